The highest BCUT2D eigenvalue weighted by molar-refractivity contribution is 6.31. The first kappa shape index (κ1) is 10.2. The summed E-state index contributed by atoms with van der Waals surface area (Å²) in [6.45, 7) is 3.02. The van der Waals surface area contributed by atoms with Crippen LogP contribution in [0.1, 0.15) is 23.7 Å². The standard InChI is InChI=1S/C12H12ClNO/c1-2-5-14-7-9(8-15)11-4-3-10(13)6-12(11)14/h3-4,6-8H,2,5H2,1H3. The topological polar surface area (TPSA) is 22.0 Å². The molecular formula is C12H12ClNO. The van der Waals surface area contributed by atoms with E-state index in [1.807, 2.05) is 24.4 Å². The lowest BCUT2D eigenvalue weighted by Crippen LogP contribution is -1.93. The second kappa shape index (κ2) is 4.07. The van der Waals surface area contributed by atoms with Gasteiger partial charge < -0.3 is 4.57 Å². The number of aromatic nitrogens is 1. The molecule has 0 spiro atoms. The molecule has 1 aromatic carbocycles. The maximum absolute atomic E-state index is 10.9. The molecule has 3 heteroatoms. The van der Waals surface area contributed by atoms with Gasteiger partial charge in [0.2, 0.25) is 0 Å². The van der Waals surface area contributed by atoms with E-state index in [1.54, 1.807) is 0 Å². The number of carbonyl (C=O) groups is 1. The summed E-state index contributed by atoms with van der Waals surface area (Å²) in [5, 5.41) is 1.68. The number of hydrogen-bond donors (Lipinski definition) is 0. The highest BCUT2D eigenvalue weighted by atomic mass is 35.5. The SMILES string of the molecule is CCCn1cc(C=O)c2ccc(Cl)cc21. The van der Waals surface area contributed by atoms with Crippen LogP contribution in [0.25, 0.3) is 10.9 Å². The molecule has 1 heterocycles. The molecule has 0 unspecified atom stereocenters. The molecule has 78 valence electrons. The molecule has 1 aromatic heterocycles. The van der Waals surface area contributed by atoms with Crippen LogP contribution in [0.15, 0.2) is 24.4 Å². The summed E-state index contributed by atoms with van der Waals surface area (Å²) in [5.41, 5.74) is 1.77. The van der Waals surface area contributed by atoms with E-state index in [0.29, 0.717) is 5.02 Å². The third-order valence-electron chi connectivity index (χ3n) is 2.47. The van der Waals surface area contributed by atoms with Crippen LogP contribution in [0.2, 0.25) is 5.02 Å². The fourth-order valence-corrected chi connectivity index (χ4v) is 1.98. The fourth-order valence-electron chi connectivity index (χ4n) is 1.81. The lowest BCUT2D eigenvalue weighted by Gasteiger charge is -2.02. The fraction of sp³-hybridized carbons (Fsp3) is 0.250. The van der Waals surface area contributed by atoms with Gasteiger partial charge in [-0.25, -0.2) is 0 Å². The molecule has 0 aliphatic rings. The highest BCUT2D eigenvalue weighted by Crippen LogP contribution is 2.24. The number of halogens is 1. The first-order chi connectivity index (χ1) is 7.26. The number of rotatable bonds is 3. The zero-order valence-corrected chi connectivity index (χ0v) is 9.29. The second-order valence-corrected chi connectivity index (χ2v) is 3.99. The normalized spacial score (nSPS) is 10.8. The molecule has 0 aliphatic carbocycles. The minimum Gasteiger partial charge on any atom is -0.347 e. The Morgan fingerprint density at radius 2 is 2.27 bits per heavy atom. The number of nitrogens with zero attached hydrogens (tertiary/aromatic N) is 1. The van der Waals surface area contributed by atoms with Crippen LogP contribution >= 0.6 is 11.6 Å². The van der Waals surface area contributed by atoms with Crippen LogP contribution < -0.4 is 0 Å². The summed E-state index contributed by atoms with van der Waals surface area (Å²) in [5.74, 6) is 0. The van der Waals surface area contributed by atoms with Gasteiger partial charge in [-0.05, 0) is 18.6 Å². The average molecular weight is 222 g/mol. The highest BCUT2D eigenvalue weighted by Gasteiger charge is 2.07. The smallest absolute Gasteiger partial charge is 0.152 e. The predicted molar refractivity (Wildman–Crippen MR) is 62.6 cm³/mol. The molecule has 0 saturated carbocycles. The molecule has 2 aromatic rings. The van der Waals surface area contributed by atoms with Crippen molar-refractivity contribution in [2.24, 2.45) is 0 Å². The third-order valence-corrected chi connectivity index (χ3v) is 2.70. The number of hydrogen-bond acceptors (Lipinski definition) is 1. The Morgan fingerprint density at radius 3 is 2.93 bits per heavy atom. The molecule has 0 aliphatic heterocycles. The monoisotopic (exact) mass is 221 g/mol. The van der Waals surface area contributed by atoms with Gasteiger partial charge in [-0.1, -0.05) is 24.6 Å². The summed E-state index contributed by atoms with van der Waals surface area (Å²) in [4.78, 5) is 10.9. The summed E-state index contributed by atoms with van der Waals surface area (Å²) in [6, 6.07) is 5.61. The van der Waals surface area contributed by atoms with Crippen LogP contribution in [0.4, 0.5) is 0 Å². The Kier molecular flexibility index (Phi) is 2.78. The van der Waals surface area contributed by atoms with Crippen molar-refractivity contribution in [1.29, 1.82) is 0 Å². The largest absolute Gasteiger partial charge is 0.347 e. The van der Waals surface area contributed by atoms with E-state index in [2.05, 4.69) is 11.5 Å². The summed E-state index contributed by atoms with van der Waals surface area (Å²) < 4.78 is 2.07. The maximum atomic E-state index is 10.9. The van der Waals surface area contributed by atoms with E-state index in [4.69, 9.17) is 11.6 Å². The molecule has 2 rings (SSSR count). The Balaban J connectivity index is 2.69. The number of aryl methyl sites for hydroxylation is 1. The molecule has 0 atom stereocenters. The minimum atomic E-state index is 0.704. The Labute approximate surface area is 93.5 Å². The number of benzene rings is 1. The predicted octanol–water partition coefficient (Wildman–Crippen LogP) is 3.52. The van der Waals surface area contributed by atoms with Crippen LogP contribution in [-0.2, 0) is 6.54 Å². The molecule has 0 fully saturated rings. The minimum absolute atomic E-state index is 0.704. The summed E-state index contributed by atoms with van der Waals surface area (Å²) >= 11 is 5.94. The van der Waals surface area contributed by atoms with Crippen molar-refractivity contribution in [1.82, 2.24) is 4.57 Å². The molecule has 0 amide bonds. The Morgan fingerprint density at radius 1 is 1.47 bits per heavy atom. The van der Waals surface area contributed by atoms with Crippen LogP contribution in [-0.4, -0.2) is 10.9 Å². The maximum Gasteiger partial charge on any atom is 0.152 e. The van der Waals surface area contributed by atoms with E-state index in [9.17, 15) is 4.79 Å². The molecule has 0 bridgehead atoms. The summed E-state index contributed by atoms with van der Waals surface area (Å²) in [6.07, 6.45) is 3.81. The zero-order chi connectivity index (χ0) is 10.8. The lowest BCUT2D eigenvalue weighted by atomic mass is 10.2. The zero-order valence-electron chi connectivity index (χ0n) is 8.53. The van der Waals surface area contributed by atoms with Crippen LogP contribution in [0.5, 0.6) is 0 Å². The van der Waals surface area contributed by atoms with E-state index < -0.39 is 0 Å². The number of carbonyl (C=O) groups excluding carboxylic acids is 1. The molecule has 2 nitrogen and oxygen atoms in total. The van der Waals surface area contributed by atoms with Gasteiger partial charge in [0, 0.05) is 28.7 Å². The van der Waals surface area contributed by atoms with Gasteiger partial charge >= 0.3 is 0 Å². The van der Waals surface area contributed by atoms with Crippen molar-refractivity contribution in [3.8, 4) is 0 Å². The molecule has 0 radical (unpaired) electrons. The van der Waals surface area contributed by atoms with Crippen molar-refractivity contribution >= 4 is 28.8 Å². The van der Waals surface area contributed by atoms with Crippen molar-refractivity contribution in [3.63, 3.8) is 0 Å². The van der Waals surface area contributed by atoms with Gasteiger partial charge in [-0.15, -0.1) is 0 Å². The number of fused-ring (bicyclic) bond motifs is 1. The van der Waals surface area contributed by atoms with Gasteiger partial charge in [-0.2, -0.15) is 0 Å². The number of aldehydes is 1. The second-order valence-electron chi connectivity index (χ2n) is 3.56. The van der Waals surface area contributed by atoms with Gasteiger partial charge in [0.15, 0.2) is 6.29 Å². The van der Waals surface area contributed by atoms with Gasteiger partial charge in [0.1, 0.15) is 0 Å². The van der Waals surface area contributed by atoms with E-state index in [0.717, 1.165) is 35.7 Å². The van der Waals surface area contributed by atoms with Crippen molar-refractivity contribution < 1.29 is 4.79 Å². The van der Waals surface area contributed by atoms with Crippen molar-refractivity contribution in [2.75, 3.05) is 0 Å². The van der Waals surface area contributed by atoms with E-state index in [-0.39, 0.29) is 0 Å². The molecule has 0 N–H and O–H groups in total. The first-order valence-electron chi connectivity index (χ1n) is 5.00. The van der Waals surface area contributed by atoms with Crippen LogP contribution in [0, 0.1) is 0 Å². The molecule has 15 heavy (non-hydrogen) atoms. The average Bonchev–Trinajstić information content (AvgIpc) is 2.57. The quantitative estimate of drug-likeness (QED) is 0.727. The molecule has 0 saturated heterocycles. The first-order valence-corrected chi connectivity index (χ1v) is 5.37. The van der Waals surface area contributed by atoms with Gasteiger partial charge in [0.05, 0.1) is 5.52 Å². The Hall–Kier alpha value is -1.28. The van der Waals surface area contributed by atoms with E-state index >= 15 is 0 Å². The van der Waals surface area contributed by atoms with Gasteiger partial charge in [-0.3, -0.25) is 4.79 Å². The Bertz CT molecular complexity index is 502. The molecular weight excluding hydrogens is 210 g/mol. The van der Waals surface area contributed by atoms with Gasteiger partial charge in [0.25, 0.3) is 0 Å². The van der Waals surface area contributed by atoms with Crippen molar-refractivity contribution in [3.05, 3.63) is 35.0 Å². The lowest BCUT2D eigenvalue weighted by molar-refractivity contribution is 0.112. The van der Waals surface area contributed by atoms with Crippen LogP contribution in [0.3, 0.4) is 0 Å². The summed E-state index contributed by atoms with van der Waals surface area (Å²) in [7, 11) is 0. The van der Waals surface area contributed by atoms with Crippen molar-refractivity contribution in [2.45, 2.75) is 19.9 Å². The third kappa shape index (κ3) is 1.77. The van der Waals surface area contributed by atoms with E-state index in [1.165, 1.54) is 0 Å².